The monoisotopic (exact) mass is 243 g/mol. The van der Waals surface area contributed by atoms with E-state index in [1.807, 2.05) is 11.8 Å². The van der Waals surface area contributed by atoms with Crippen LogP contribution in [0.4, 0.5) is 0 Å². The van der Waals surface area contributed by atoms with Gasteiger partial charge in [-0.3, -0.25) is 4.90 Å². The van der Waals surface area contributed by atoms with E-state index in [-0.39, 0.29) is 0 Å². The molecule has 1 atom stereocenters. The van der Waals surface area contributed by atoms with Gasteiger partial charge in [-0.25, -0.2) is 0 Å². The number of hydrogen-bond acceptors (Lipinski definition) is 4. The number of amidine groups is 1. The second-order valence-corrected chi connectivity index (χ2v) is 6.31. The number of thioether (sulfide) groups is 1. The lowest BCUT2D eigenvalue weighted by Gasteiger charge is -2.35. The summed E-state index contributed by atoms with van der Waals surface area (Å²) >= 11 is 2.04. The van der Waals surface area contributed by atoms with E-state index in [2.05, 4.69) is 17.0 Å². The number of nitrogens with two attached hydrogens (primary N) is 1. The van der Waals surface area contributed by atoms with E-state index in [1.165, 1.54) is 30.9 Å². The Morgan fingerprint density at radius 3 is 2.94 bits per heavy atom. The van der Waals surface area contributed by atoms with Gasteiger partial charge in [0.2, 0.25) is 0 Å². The average Bonchev–Trinajstić information content (AvgIpc) is 3.01. The Morgan fingerprint density at radius 2 is 2.38 bits per heavy atom. The predicted octanol–water partition coefficient (Wildman–Crippen LogP) is 1.34. The van der Waals surface area contributed by atoms with Gasteiger partial charge in [0.25, 0.3) is 0 Å². The van der Waals surface area contributed by atoms with Gasteiger partial charge in [-0.15, -0.1) is 0 Å². The van der Waals surface area contributed by atoms with E-state index in [1.54, 1.807) is 0 Å². The van der Waals surface area contributed by atoms with E-state index < -0.39 is 0 Å². The molecule has 1 aliphatic heterocycles. The topological polar surface area (TPSA) is 61.8 Å². The average molecular weight is 243 g/mol. The molecule has 0 spiro atoms. The molecule has 1 saturated carbocycles. The molecule has 5 heteroatoms. The summed E-state index contributed by atoms with van der Waals surface area (Å²) < 4.78 is 0. The molecule has 2 rings (SSSR count). The van der Waals surface area contributed by atoms with Crippen molar-refractivity contribution in [3.05, 3.63) is 0 Å². The molecular formula is C11H21N3OS. The highest BCUT2D eigenvalue weighted by atomic mass is 32.2. The Kier molecular flexibility index (Phi) is 3.64. The van der Waals surface area contributed by atoms with Gasteiger partial charge >= 0.3 is 0 Å². The van der Waals surface area contributed by atoms with Gasteiger partial charge in [0.05, 0.1) is 0 Å². The molecule has 2 aliphatic rings. The van der Waals surface area contributed by atoms with Crippen molar-refractivity contribution in [1.29, 1.82) is 0 Å². The van der Waals surface area contributed by atoms with Crippen molar-refractivity contribution in [3.63, 3.8) is 0 Å². The highest BCUT2D eigenvalue weighted by Crippen LogP contribution is 2.49. The molecule has 0 amide bonds. The minimum absolute atomic E-state index is 0.312. The first-order chi connectivity index (χ1) is 7.65. The van der Waals surface area contributed by atoms with Gasteiger partial charge in [0.15, 0.2) is 0 Å². The Bertz CT molecular complexity index is 278. The zero-order valence-electron chi connectivity index (χ0n) is 9.85. The zero-order chi connectivity index (χ0) is 11.6. The predicted molar refractivity (Wildman–Crippen MR) is 68.1 cm³/mol. The van der Waals surface area contributed by atoms with E-state index in [0.29, 0.717) is 17.3 Å². The second kappa shape index (κ2) is 4.84. The molecule has 1 unspecified atom stereocenters. The van der Waals surface area contributed by atoms with Crippen LogP contribution in [0.3, 0.4) is 0 Å². The standard InChI is InChI=1S/C11H21N3OS/c1-9-7-16-5-4-14(9)8-11(2-3-11)6-10(12)13-15/h9,15H,2-8H2,1H3,(H2,12,13). The van der Waals surface area contributed by atoms with Gasteiger partial charge < -0.3 is 10.9 Å². The number of rotatable bonds is 4. The summed E-state index contributed by atoms with van der Waals surface area (Å²) in [5, 5.41) is 11.7. The summed E-state index contributed by atoms with van der Waals surface area (Å²) in [6.07, 6.45) is 3.19. The first kappa shape index (κ1) is 12.0. The van der Waals surface area contributed by atoms with E-state index in [0.717, 1.165) is 13.0 Å². The van der Waals surface area contributed by atoms with Crippen LogP contribution < -0.4 is 5.73 Å². The quantitative estimate of drug-likeness (QED) is 0.338. The van der Waals surface area contributed by atoms with Crippen molar-refractivity contribution in [2.45, 2.75) is 32.2 Å². The molecule has 0 aromatic rings. The summed E-state index contributed by atoms with van der Waals surface area (Å²) in [7, 11) is 0. The van der Waals surface area contributed by atoms with Crippen LogP contribution in [-0.2, 0) is 0 Å². The maximum atomic E-state index is 8.63. The van der Waals surface area contributed by atoms with Crippen molar-refractivity contribution in [2.24, 2.45) is 16.3 Å². The highest BCUT2D eigenvalue weighted by Gasteiger charge is 2.45. The minimum Gasteiger partial charge on any atom is -0.409 e. The molecule has 0 bridgehead atoms. The Balaban J connectivity index is 1.88. The second-order valence-electron chi connectivity index (χ2n) is 5.16. The minimum atomic E-state index is 0.312. The smallest absolute Gasteiger partial charge is 0.139 e. The number of oxime groups is 1. The van der Waals surface area contributed by atoms with Crippen molar-refractivity contribution in [2.75, 3.05) is 24.6 Å². The SMILES string of the molecule is CC1CSCCN1CC1(CC(N)=NO)CC1. The number of nitrogens with zero attached hydrogens (tertiary/aromatic N) is 2. The van der Waals surface area contributed by atoms with Crippen molar-refractivity contribution in [1.82, 2.24) is 4.90 Å². The van der Waals surface area contributed by atoms with Gasteiger partial charge in [0, 0.05) is 37.1 Å². The fraction of sp³-hybridized carbons (Fsp3) is 0.909. The summed E-state index contributed by atoms with van der Waals surface area (Å²) in [4.78, 5) is 2.56. The normalized spacial score (nSPS) is 30.3. The largest absolute Gasteiger partial charge is 0.409 e. The van der Waals surface area contributed by atoms with Crippen molar-refractivity contribution < 1.29 is 5.21 Å². The fourth-order valence-electron chi connectivity index (χ4n) is 2.41. The van der Waals surface area contributed by atoms with Crippen molar-refractivity contribution in [3.8, 4) is 0 Å². The summed E-state index contributed by atoms with van der Waals surface area (Å²) in [6, 6.07) is 0.670. The fourth-order valence-corrected chi connectivity index (χ4v) is 3.50. The highest BCUT2D eigenvalue weighted by molar-refractivity contribution is 7.99. The van der Waals surface area contributed by atoms with Crippen LogP contribution in [0.15, 0.2) is 5.16 Å². The van der Waals surface area contributed by atoms with Gasteiger partial charge in [-0.05, 0) is 25.2 Å². The molecule has 0 aromatic carbocycles. The maximum absolute atomic E-state index is 8.63. The van der Waals surface area contributed by atoms with Gasteiger partial charge in [0.1, 0.15) is 5.84 Å². The molecule has 0 aromatic heterocycles. The first-order valence-electron chi connectivity index (χ1n) is 5.93. The van der Waals surface area contributed by atoms with Crippen molar-refractivity contribution >= 4 is 17.6 Å². The Morgan fingerprint density at radius 1 is 1.62 bits per heavy atom. The molecule has 3 N–H and O–H groups in total. The van der Waals surface area contributed by atoms with Crippen LogP contribution in [0.25, 0.3) is 0 Å². The zero-order valence-corrected chi connectivity index (χ0v) is 10.7. The Labute approximate surface area is 101 Å². The Hall–Kier alpha value is -0.420. The lowest BCUT2D eigenvalue weighted by Crippen LogP contribution is -2.44. The van der Waals surface area contributed by atoms with E-state index in [4.69, 9.17) is 10.9 Å². The van der Waals surface area contributed by atoms with Crippen LogP contribution in [0.5, 0.6) is 0 Å². The third-order valence-electron chi connectivity index (χ3n) is 3.69. The first-order valence-corrected chi connectivity index (χ1v) is 7.09. The summed E-state index contributed by atoms with van der Waals surface area (Å²) in [5.41, 5.74) is 5.93. The molecule has 1 saturated heterocycles. The lowest BCUT2D eigenvalue weighted by molar-refractivity contribution is 0.187. The molecular weight excluding hydrogens is 222 g/mol. The maximum Gasteiger partial charge on any atom is 0.139 e. The van der Waals surface area contributed by atoms with Crippen LogP contribution >= 0.6 is 11.8 Å². The molecule has 4 nitrogen and oxygen atoms in total. The van der Waals surface area contributed by atoms with Crippen LogP contribution in [-0.4, -0.2) is 46.6 Å². The van der Waals surface area contributed by atoms with E-state index in [9.17, 15) is 0 Å². The van der Waals surface area contributed by atoms with Gasteiger partial charge in [-0.1, -0.05) is 5.16 Å². The third kappa shape index (κ3) is 2.83. The molecule has 92 valence electrons. The number of hydrogen-bond donors (Lipinski definition) is 2. The lowest BCUT2D eigenvalue weighted by atomic mass is 10.0. The van der Waals surface area contributed by atoms with Crippen LogP contribution in [0.2, 0.25) is 0 Å². The van der Waals surface area contributed by atoms with Crippen LogP contribution in [0.1, 0.15) is 26.2 Å². The van der Waals surface area contributed by atoms with Crippen LogP contribution in [0, 0.1) is 5.41 Å². The summed E-state index contributed by atoms with van der Waals surface area (Å²) in [5.74, 6) is 2.86. The van der Waals surface area contributed by atoms with E-state index >= 15 is 0 Å². The molecule has 1 aliphatic carbocycles. The molecule has 0 radical (unpaired) electrons. The molecule has 16 heavy (non-hydrogen) atoms. The molecule has 2 fully saturated rings. The third-order valence-corrected chi connectivity index (χ3v) is 4.87. The molecule has 1 heterocycles. The van der Waals surface area contributed by atoms with Gasteiger partial charge in [-0.2, -0.15) is 11.8 Å². The summed E-state index contributed by atoms with van der Waals surface area (Å²) in [6.45, 7) is 4.60.